The van der Waals surface area contributed by atoms with Crippen LogP contribution in [0.25, 0.3) is 0 Å². The van der Waals surface area contributed by atoms with Crippen molar-refractivity contribution in [3.05, 3.63) is 30.3 Å². The van der Waals surface area contributed by atoms with Crippen molar-refractivity contribution in [2.24, 2.45) is 0 Å². The number of rotatable bonds is 1. The molecule has 1 aromatic rings. The van der Waals surface area contributed by atoms with Crippen LogP contribution in [0, 0.1) is 0 Å². The van der Waals surface area contributed by atoms with E-state index in [1.165, 1.54) is 0 Å². The third-order valence-electron chi connectivity index (χ3n) is 2.38. The number of hydrogen-bond acceptors (Lipinski definition) is 2. The van der Waals surface area contributed by atoms with Gasteiger partial charge in [-0.15, -0.1) is 0 Å². The second-order valence-electron chi connectivity index (χ2n) is 3.54. The Morgan fingerprint density at radius 3 is 2.38 bits per heavy atom. The molecule has 0 unspecified atom stereocenters. The molecule has 0 spiro atoms. The maximum absolute atomic E-state index is 5.77. The second kappa shape index (κ2) is 6.05. The van der Waals surface area contributed by atoms with Gasteiger partial charge in [0.25, 0.3) is 0 Å². The van der Waals surface area contributed by atoms with Crippen LogP contribution in [0.15, 0.2) is 30.3 Å². The molecule has 0 atom stereocenters. The highest BCUT2D eigenvalue weighted by atomic mass is 19.0. The zero-order chi connectivity index (χ0) is 9.97. The van der Waals surface area contributed by atoms with E-state index in [0.29, 0.717) is 0 Å². The lowest BCUT2D eigenvalue weighted by atomic mass is 10.3. The minimum absolute atomic E-state index is 0. The Morgan fingerprint density at radius 1 is 1.25 bits per heavy atom. The Kier molecular flexibility index (Phi) is 5.42. The van der Waals surface area contributed by atoms with Crippen molar-refractivity contribution in [1.82, 2.24) is 4.90 Å². The molecule has 90 valence electrons. The van der Waals surface area contributed by atoms with E-state index in [4.69, 9.17) is 4.74 Å². The minimum atomic E-state index is 0. The van der Waals surface area contributed by atoms with Crippen LogP contribution in [0.5, 0.6) is 5.75 Å². The van der Waals surface area contributed by atoms with E-state index < -0.39 is 0 Å². The van der Waals surface area contributed by atoms with Gasteiger partial charge in [0.2, 0.25) is 0 Å². The molecule has 2 rings (SSSR count). The summed E-state index contributed by atoms with van der Waals surface area (Å²) in [4.78, 5) is 2.12. The average Bonchev–Trinajstić information content (AvgIpc) is 2.51. The average molecular weight is 230 g/mol. The Balaban J connectivity index is 0.00000112. The summed E-state index contributed by atoms with van der Waals surface area (Å²) in [7, 11) is 4.09. The third-order valence-corrected chi connectivity index (χ3v) is 2.38. The monoisotopic (exact) mass is 230 g/mol. The first-order chi connectivity index (χ1) is 6.77. The number of ether oxygens (including phenoxy) is 1. The molecule has 16 heavy (non-hydrogen) atoms. The van der Waals surface area contributed by atoms with E-state index in [1.54, 1.807) is 0 Å². The standard InChI is InChI=1S/C11H15N2O.2FH/c1-12-8-9-13(2)11(12)14-10-6-4-3-5-7-10;;/h3-7H,8-9H2,1-2H3;2*1H/q+1;;/p-1. The summed E-state index contributed by atoms with van der Waals surface area (Å²) < 4.78 is 7.89. The van der Waals surface area contributed by atoms with Crippen LogP contribution in [-0.2, 0) is 0 Å². The zero-order valence-electron chi connectivity index (χ0n) is 9.39. The van der Waals surface area contributed by atoms with Gasteiger partial charge in [0.05, 0.1) is 14.1 Å². The Labute approximate surface area is 93.7 Å². The highest BCUT2D eigenvalue weighted by Crippen LogP contribution is 2.11. The fraction of sp³-hybridized carbons (Fsp3) is 0.364. The summed E-state index contributed by atoms with van der Waals surface area (Å²) in [6, 6.07) is 10.8. The van der Waals surface area contributed by atoms with Gasteiger partial charge in [-0.25, -0.2) is 9.48 Å². The SMILES string of the molecule is CN1CC[N+](C)=C1Oc1ccccc1.F.[F-]. The third kappa shape index (κ3) is 2.92. The number of amidine groups is 1. The van der Waals surface area contributed by atoms with Gasteiger partial charge >= 0.3 is 6.02 Å². The molecule has 0 bridgehead atoms. The van der Waals surface area contributed by atoms with Gasteiger partial charge in [0, 0.05) is 0 Å². The normalized spacial score (nSPS) is 14.2. The Hall–Kier alpha value is -1.65. The number of para-hydroxylation sites is 1. The number of hydrogen-bond donors (Lipinski definition) is 0. The van der Waals surface area contributed by atoms with E-state index in [1.807, 2.05) is 44.4 Å². The fourth-order valence-electron chi connectivity index (χ4n) is 1.53. The summed E-state index contributed by atoms with van der Waals surface area (Å²) in [5.41, 5.74) is 0. The van der Waals surface area contributed by atoms with Crippen molar-refractivity contribution in [1.29, 1.82) is 0 Å². The van der Waals surface area contributed by atoms with Crippen molar-refractivity contribution < 1.29 is 18.7 Å². The number of benzene rings is 1. The summed E-state index contributed by atoms with van der Waals surface area (Å²) in [5, 5.41) is 0. The molecule has 1 aromatic carbocycles. The smallest absolute Gasteiger partial charge is 0.451 e. The zero-order valence-corrected chi connectivity index (χ0v) is 9.39. The summed E-state index contributed by atoms with van der Waals surface area (Å²) in [6.07, 6.45) is 0. The van der Waals surface area contributed by atoms with Crippen molar-refractivity contribution in [2.75, 3.05) is 27.2 Å². The summed E-state index contributed by atoms with van der Waals surface area (Å²) in [5.74, 6) is 0.892. The van der Waals surface area contributed by atoms with Crippen LogP contribution in [0.2, 0.25) is 0 Å². The number of halogens is 2. The van der Waals surface area contributed by atoms with E-state index >= 15 is 0 Å². The van der Waals surface area contributed by atoms with E-state index in [-0.39, 0.29) is 9.41 Å². The van der Waals surface area contributed by atoms with Crippen LogP contribution in [0.3, 0.4) is 0 Å². The van der Waals surface area contributed by atoms with Crippen molar-refractivity contribution in [3.63, 3.8) is 0 Å². The molecule has 0 fully saturated rings. The van der Waals surface area contributed by atoms with Gasteiger partial charge in [0.15, 0.2) is 0 Å². The molecule has 3 nitrogen and oxygen atoms in total. The van der Waals surface area contributed by atoms with Gasteiger partial charge in [-0.1, -0.05) is 18.2 Å². The number of nitrogens with zero attached hydrogens (tertiary/aromatic N) is 2. The minimum Gasteiger partial charge on any atom is -1.00 e. The lowest BCUT2D eigenvalue weighted by Crippen LogP contribution is -3.00. The van der Waals surface area contributed by atoms with Gasteiger partial charge < -0.3 is 9.44 Å². The van der Waals surface area contributed by atoms with Gasteiger partial charge in [-0.05, 0) is 12.1 Å². The molecule has 1 heterocycles. The Bertz CT molecular complexity index is 354. The molecule has 0 radical (unpaired) electrons. The van der Waals surface area contributed by atoms with Crippen molar-refractivity contribution in [3.8, 4) is 5.75 Å². The van der Waals surface area contributed by atoms with Crippen LogP contribution in [0.4, 0.5) is 4.70 Å². The van der Waals surface area contributed by atoms with Crippen LogP contribution in [0.1, 0.15) is 0 Å². The van der Waals surface area contributed by atoms with E-state index in [0.717, 1.165) is 24.9 Å². The largest absolute Gasteiger partial charge is 1.00 e. The molecule has 0 amide bonds. The van der Waals surface area contributed by atoms with Gasteiger partial charge in [-0.2, -0.15) is 0 Å². The molecular formula is C11H16F2N2O. The molecule has 0 N–H and O–H groups in total. The number of likely N-dealkylation sites (N-methyl/N-ethyl adjacent to an activating group) is 2. The van der Waals surface area contributed by atoms with Crippen molar-refractivity contribution in [2.45, 2.75) is 0 Å². The topological polar surface area (TPSA) is 15.5 Å². The van der Waals surface area contributed by atoms with E-state index in [2.05, 4.69) is 9.48 Å². The van der Waals surface area contributed by atoms with Crippen LogP contribution < -0.4 is 9.44 Å². The van der Waals surface area contributed by atoms with Crippen LogP contribution in [-0.4, -0.2) is 42.7 Å². The van der Waals surface area contributed by atoms with Crippen molar-refractivity contribution >= 4 is 6.02 Å². The lowest BCUT2D eigenvalue weighted by Gasteiger charge is -2.07. The predicted octanol–water partition coefficient (Wildman–Crippen LogP) is -1.83. The maximum Gasteiger partial charge on any atom is 0.451 e. The molecule has 1 aliphatic rings. The maximum atomic E-state index is 5.77. The Morgan fingerprint density at radius 2 is 1.88 bits per heavy atom. The first-order valence-corrected chi connectivity index (χ1v) is 4.79. The van der Waals surface area contributed by atoms with E-state index in [9.17, 15) is 0 Å². The van der Waals surface area contributed by atoms with Gasteiger partial charge in [-0.3, -0.25) is 4.70 Å². The molecule has 1 aliphatic heterocycles. The predicted molar refractivity (Wildman–Crippen MR) is 58.3 cm³/mol. The first kappa shape index (κ1) is 14.3. The lowest BCUT2D eigenvalue weighted by molar-refractivity contribution is -0.493. The first-order valence-electron chi connectivity index (χ1n) is 4.79. The molecule has 0 aliphatic carbocycles. The highest BCUT2D eigenvalue weighted by Gasteiger charge is 2.27. The molecular weight excluding hydrogens is 214 g/mol. The molecule has 5 heteroatoms. The molecule has 0 aromatic heterocycles. The highest BCUT2D eigenvalue weighted by molar-refractivity contribution is 5.72. The fourth-order valence-corrected chi connectivity index (χ4v) is 1.53. The molecule has 0 saturated heterocycles. The van der Waals surface area contributed by atoms with Gasteiger partial charge in [0.1, 0.15) is 18.8 Å². The van der Waals surface area contributed by atoms with Crippen LogP contribution >= 0.6 is 0 Å². The summed E-state index contributed by atoms with van der Waals surface area (Å²) in [6.45, 7) is 2.05. The second-order valence-corrected chi connectivity index (χ2v) is 3.54. The molecule has 0 saturated carbocycles. The quantitative estimate of drug-likeness (QED) is 0.527. The summed E-state index contributed by atoms with van der Waals surface area (Å²) >= 11 is 0.